The number of sulfone groups is 1. The molecule has 6 nitrogen and oxygen atoms in total. The van der Waals surface area contributed by atoms with Crippen LogP contribution in [-0.4, -0.2) is 45.0 Å². The molecule has 0 radical (unpaired) electrons. The lowest BCUT2D eigenvalue weighted by atomic mass is 9.90. The fourth-order valence-electron chi connectivity index (χ4n) is 1.92. The molecule has 1 heterocycles. The fourth-order valence-corrected chi connectivity index (χ4v) is 3.74. The highest BCUT2D eigenvalue weighted by Crippen LogP contribution is 2.20. The second kappa shape index (κ2) is 10.7. The number of aromatic nitrogens is 1. The van der Waals surface area contributed by atoms with Gasteiger partial charge >= 0.3 is 0 Å². The second-order valence-corrected chi connectivity index (χ2v) is 10.3. The molecular weight excluding hydrogens is 471 g/mol. The van der Waals surface area contributed by atoms with Gasteiger partial charge in [0.1, 0.15) is 14.8 Å². The van der Waals surface area contributed by atoms with E-state index in [4.69, 9.17) is 0 Å². The molecule has 0 fully saturated rings. The lowest BCUT2D eigenvalue weighted by Crippen LogP contribution is -2.42. The molecule has 0 unspecified atom stereocenters. The molecule has 0 aromatic carbocycles. The molecule has 1 aromatic rings. The molecule has 0 aliphatic carbocycles. The van der Waals surface area contributed by atoms with Crippen molar-refractivity contribution in [3.05, 3.63) is 16.1 Å². The molecule has 0 saturated heterocycles. The quantitative estimate of drug-likeness (QED) is 0.325. The Morgan fingerprint density at radius 1 is 1.36 bits per heavy atom. The minimum absolute atomic E-state index is 0. The highest BCUT2D eigenvalue weighted by Gasteiger charge is 2.20. The maximum atomic E-state index is 11.3. The van der Waals surface area contributed by atoms with E-state index >= 15 is 0 Å². The Bertz CT molecular complexity index is 655. The molecule has 1 rings (SSSR count). The van der Waals surface area contributed by atoms with Crippen LogP contribution in [0.1, 0.15) is 50.7 Å². The van der Waals surface area contributed by atoms with Crippen molar-refractivity contribution in [2.45, 2.75) is 46.6 Å². The third kappa shape index (κ3) is 10.3. The molecule has 0 saturated carbocycles. The van der Waals surface area contributed by atoms with Crippen LogP contribution in [0, 0.1) is 5.41 Å². The Kier molecular flexibility index (Phi) is 10.5. The van der Waals surface area contributed by atoms with Crippen molar-refractivity contribution >= 4 is 51.1 Å². The molecular formula is C16H31IN4O2S2. The van der Waals surface area contributed by atoms with Gasteiger partial charge in [0.15, 0.2) is 5.96 Å². The predicted octanol–water partition coefficient (Wildman–Crippen LogP) is 3.01. The summed E-state index contributed by atoms with van der Waals surface area (Å²) >= 11 is 1.64. The smallest absolute Gasteiger partial charge is 0.191 e. The van der Waals surface area contributed by atoms with Crippen molar-refractivity contribution in [1.29, 1.82) is 0 Å². The van der Waals surface area contributed by atoms with Crippen molar-refractivity contribution in [2.75, 3.05) is 25.6 Å². The third-order valence-electron chi connectivity index (χ3n) is 3.68. The van der Waals surface area contributed by atoms with Crippen LogP contribution >= 0.6 is 35.3 Å². The molecule has 0 amide bonds. The number of nitrogens with one attached hydrogen (secondary N) is 2. The Morgan fingerprint density at radius 2 is 2.00 bits per heavy atom. The lowest BCUT2D eigenvalue weighted by molar-refractivity contribution is 0.348. The first-order valence-corrected chi connectivity index (χ1v) is 11.0. The summed E-state index contributed by atoms with van der Waals surface area (Å²) in [7, 11) is -1.21. The van der Waals surface area contributed by atoms with Crippen LogP contribution in [0.4, 0.5) is 0 Å². The summed E-state index contributed by atoms with van der Waals surface area (Å²) in [4.78, 5) is 8.80. The number of nitrogens with zero attached hydrogens (tertiary/aromatic N) is 2. The number of hydrogen-bond donors (Lipinski definition) is 2. The molecule has 0 atom stereocenters. The summed E-state index contributed by atoms with van der Waals surface area (Å²) in [6.45, 7) is 9.64. The Labute approximate surface area is 173 Å². The highest BCUT2D eigenvalue weighted by atomic mass is 127. The molecule has 0 spiro atoms. The fraction of sp³-hybridized carbons (Fsp3) is 0.750. The van der Waals surface area contributed by atoms with Crippen molar-refractivity contribution < 1.29 is 8.42 Å². The first-order valence-electron chi connectivity index (χ1n) is 8.09. The zero-order valence-electron chi connectivity index (χ0n) is 15.9. The van der Waals surface area contributed by atoms with Gasteiger partial charge in [-0.2, -0.15) is 0 Å². The zero-order chi connectivity index (χ0) is 18.4. The number of thiazole rings is 1. The van der Waals surface area contributed by atoms with Gasteiger partial charge in [0.25, 0.3) is 0 Å². The van der Waals surface area contributed by atoms with Gasteiger partial charge in [-0.15, -0.1) is 35.3 Å². The summed E-state index contributed by atoms with van der Waals surface area (Å²) in [6.07, 6.45) is 1.89. The number of halogens is 1. The van der Waals surface area contributed by atoms with E-state index in [1.807, 2.05) is 13.8 Å². The van der Waals surface area contributed by atoms with Gasteiger partial charge in [-0.1, -0.05) is 27.7 Å². The standard InChI is InChI=1S/C16H30N4O2S2.HI/c1-12(2)13-10-23-14(20-13)9-18-15(17-5)19-11-16(3,4)7-8-24(6,21)22;/h10,12H,7-9,11H2,1-6H3,(H2,17,18,19);1H. The maximum absolute atomic E-state index is 11.3. The summed E-state index contributed by atoms with van der Waals surface area (Å²) in [5.74, 6) is 1.33. The van der Waals surface area contributed by atoms with Crippen molar-refractivity contribution in [2.24, 2.45) is 10.4 Å². The van der Waals surface area contributed by atoms with Crippen LogP contribution in [0.25, 0.3) is 0 Å². The first kappa shape index (κ1) is 24.6. The van der Waals surface area contributed by atoms with Crippen LogP contribution in [-0.2, 0) is 16.4 Å². The molecule has 0 aliphatic heterocycles. The number of aliphatic imine (C=N–C) groups is 1. The molecule has 1 aromatic heterocycles. The van der Waals surface area contributed by atoms with E-state index in [0.29, 0.717) is 31.4 Å². The van der Waals surface area contributed by atoms with E-state index in [9.17, 15) is 8.42 Å². The van der Waals surface area contributed by atoms with Crippen LogP contribution in [0.5, 0.6) is 0 Å². The van der Waals surface area contributed by atoms with Gasteiger partial charge < -0.3 is 10.6 Å². The summed E-state index contributed by atoms with van der Waals surface area (Å²) in [5.41, 5.74) is 0.980. The third-order valence-corrected chi connectivity index (χ3v) is 5.49. The van der Waals surface area contributed by atoms with Crippen LogP contribution < -0.4 is 10.6 Å². The summed E-state index contributed by atoms with van der Waals surface area (Å²) in [6, 6.07) is 0. The Hall–Kier alpha value is -0.420. The van der Waals surface area contributed by atoms with Crippen molar-refractivity contribution in [3.8, 4) is 0 Å². The molecule has 146 valence electrons. The Balaban J connectivity index is 0.00000576. The monoisotopic (exact) mass is 502 g/mol. The van der Waals surface area contributed by atoms with E-state index in [2.05, 4.69) is 39.8 Å². The molecule has 9 heteroatoms. The predicted molar refractivity (Wildman–Crippen MR) is 118 cm³/mol. The van der Waals surface area contributed by atoms with E-state index in [0.717, 1.165) is 10.7 Å². The van der Waals surface area contributed by atoms with Gasteiger partial charge in [-0.25, -0.2) is 13.4 Å². The topological polar surface area (TPSA) is 83.4 Å². The second-order valence-electron chi connectivity index (χ2n) is 7.14. The van der Waals surface area contributed by atoms with E-state index < -0.39 is 9.84 Å². The summed E-state index contributed by atoms with van der Waals surface area (Å²) in [5, 5.41) is 9.63. The lowest BCUT2D eigenvalue weighted by Gasteiger charge is -2.25. The Morgan fingerprint density at radius 3 is 2.48 bits per heavy atom. The van der Waals surface area contributed by atoms with E-state index in [-0.39, 0.29) is 35.1 Å². The summed E-state index contributed by atoms with van der Waals surface area (Å²) < 4.78 is 22.6. The molecule has 2 N–H and O–H groups in total. The van der Waals surface area contributed by atoms with Crippen LogP contribution in [0.2, 0.25) is 0 Å². The minimum Gasteiger partial charge on any atom is -0.356 e. The number of guanidine groups is 1. The molecule has 0 aliphatic rings. The average Bonchev–Trinajstić information content (AvgIpc) is 2.94. The normalized spacial score (nSPS) is 12.8. The number of rotatable bonds is 8. The van der Waals surface area contributed by atoms with Crippen LogP contribution in [0.3, 0.4) is 0 Å². The van der Waals surface area contributed by atoms with Gasteiger partial charge in [-0.3, -0.25) is 4.99 Å². The average molecular weight is 502 g/mol. The van der Waals surface area contributed by atoms with Gasteiger partial charge in [0, 0.05) is 25.2 Å². The first-order chi connectivity index (χ1) is 11.0. The molecule has 0 bridgehead atoms. The SMILES string of the molecule is CN=C(NCc1nc(C(C)C)cs1)NCC(C)(C)CCS(C)(=O)=O.I. The highest BCUT2D eigenvalue weighted by molar-refractivity contribution is 14.0. The van der Waals surface area contributed by atoms with E-state index in [1.165, 1.54) is 6.26 Å². The van der Waals surface area contributed by atoms with Crippen LogP contribution in [0.15, 0.2) is 10.4 Å². The maximum Gasteiger partial charge on any atom is 0.191 e. The van der Waals surface area contributed by atoms with Gasteiger partial charge in [0.05, 0.1) is 18.0 Å². The van der Waals surface area contributed by atoms with Gasteiger partial charge in [0.2, 0.25) is 0 Å². The molecule has 25 heavy (non-hydrogen) atoms. The van der Waals surface area contributed by atoms with Gasteiger partial charge in [-0.05, 0) is 17.8 Å². The minimum atomic E-state index is -2.93. The van der Waals surface area contributed by atoms with Crippen molar-refractivity contribution in [3.63, 3.8) is 0 Å². The number of hydrogen-bond acceptors (Lipinski definition) is 5. The largest absolute Gasteiger partial charge is 0.356 e. The van der Waals surface area contributed by atoms with Crippen molar-refractivity contribution in [1.82, 2.24) is 15.6 Å². The van der Waals surface area contributed by atoms with E-state index in [1.54, 1.807) is 18.4 Å². The zero-order valence-corrected chi connectivity index (χ0v) is 19.9.